The molecule has 0 saturated heterocycles. The molecule has 0 bridgehead atoms. The van der Waals surface area contributed by atoms with E-state index in [0.29, 0.717) is 0 Å². The third-order valence-electron chi connectivity index (χ3n) is 3.79. The highest BCUT2D eigenvalue weighted by atomic mass is 16.5. The second-order valence-corrected chi connectivity index (χ2v) is 5.05. The van der Waals surface area contributed by atoms with Crippen molar-refractivity contribution in [1.29, 1.82) is 0 Å². The van der Waals surface area contributed by atoms with Gasteiger partial charge in [0.15, 0.2) is 0 Å². The van der Waals surface area contributed by atoms with E-state index in [1.807, 2.05) is 12.3 Å². The summed E-state index contributed by atoms with van der Waals surface area (Å²) in [6.45, 7) is 0. The van der Waals surface area contributed by atoms with E-state index in [1.165, 1.54) is 29.3 Å². The molecular formula is C14H18N2O. The second-order valence-electron chi connectivity index (χ2n) is 5.05. The lowest BCUT2D eigenvalue weighted by Gasteiger charge is -2.12. The van der Waals surface area contributed by atoms with Gasteiger partial charge in [-0.2, -0.15) is 0 Å². The summed E-state index contributed by atoms with van der Waals surface area (Å²) in [5.41, 5.74) is 8.71. The van der Waals surface area contributed by atoms with Gasteiger partial charge in [0.2, 0.25) is 0 Å². The molecule has 0 radical (unpaired) electrons. The molecule has 1 aliphatic carbocycles. The maximum Gasteiger partial charge on any atom is 0.122 e. The van der Waals surface area contributed by atoms with Gasteiger partial charge in [-0.3, -0.25) is 0 Å². The fourth-order valence-electron chi connectivity index (χ4n) is 2.41. The van der Waals surface area contributed by atoms with Gasteiger partial charge in [0.25, 0.3) is 0 Å². The average Bonchev–Trinajstić information content (AvgIpc) is 2.90. The van der Waals surface area contributed by atoms with E-state index in [2.05, 4.69) is 17.1 Å². The molecule has 1 saturated carbocycles. The summed E-state index contributed by atoms with van der Waals surface area (Å²) in [5.74, 6) is 0.973. The highest BCUT2D eigenvalue weighted by Gasteiger charge is 2.37. The van der Waals surface area contributed by atoms with E-state index in [0.717, 1.165) is 18.6 Å². The van der Waals surface area contributed by atoms with Crippen molar-refractivity contribution < 1.29 is 4.74 Å². The second kappa shape index (κ2) is 3.77. The van der Waals surface area contributed by atoms with Gasteiger partial charge in [-0.1, -0.05) is 0 Å². The summed E-state index contributed by atoms with van der Waals surface area (Å²) in [4.78, 5) is 3.24. The van der Waals surface area contributed by atoms with Gasteiger partial charge in [-0.25, -0.2) is 0 Å². The molecule has 0 atom stereocenters. The number of hydrogen-bond donors (Lipinski definition) is 2. The Bertz CT molecular complexity index is 540. The fraction of sp³-hybridized carbons (Fsp3) is 0.429. The van der Waals surface area contributed by atoms with Crippen molar-refractivity contribution in [2.45, 2.75) is 31.2 Å². The van der Waals surface area contributed by atoms with Gasteiger partial charge in [0, 0.05) is 28.2 Å². The molecule has 1 aliphatic rings. The molecule has 2 aromatic rings. The number of hydrogen-bond acceptors (Lipinski definition) is 2. The topological polar surface area (TPSA) is 51.0 Å². The molecule has 0 amide bonds. The number of aromatic amines is 1. The standard InChI is InChI=1S/C14H18N2O/c1-17-13-3-2-12-10(5-9-16-12)11(13)4-6-14(15)7-8-14/h2-3,5,9,16H,4,6-8,15H2,1H3. The number of nitrogens with two attached hydrogens (primary N) is 1. The minimum Gasteiger partial charge on any atom is -0.496 e. The maximum atomic E-state index is 6.16. The summed E-state index contributed by atoms with van der Waals surface area (Å²) in [7, 11) is 1.73. The van der Waals surface area contributed by atoms with E-state index in [4.69, 9.17) is 10.5 Å². The first-order chi connectivity index (χ1) is 8.22. The first kappa shape index (κ1) is 10.7. The number of aromatic nitrogens is 1. The lowest BCUT2D eigenvalue weighted by molar-refractivity contribution is 0.409. The Kier molecular flexibility index (Phi) is 2.37. The molecule has 1 aromatic heterocycles. The molecule has 0 unspecified atom stereocenters. The number of nitrogens with one attached hydrogen (secondary N) is 1. The average molecular weight is 230 g/mol. The van der Waals surface area contributed by atoms with Crippen molar-refractivity contribution in [2.75, 3.05) is 7.11 Å². The molecule has 17 heavy (non-hydrogen) atoms. The van der Waals surface area contributed by atoms with Crippen molar-refractivity contribution >= 4 is 10.9 Å². The van der Waals surface area contributed by atoms with Crippen LogP contribution in [0.3, 0.4) is 0 Å². The Balaban J connectivity index is 1.95. The number of benzene rings is 1. The Morgan fingerprint density at radius 2 is 2.18 bits per heavy atom. The SMILES string of the molecule is COc1ccc2[nH]ccc2c1CCC1(N)CC1. The van der Waals surface area contributed by atoms with Gasteiger partial charge in [-0.05, 0) is 43.9 Å². The van der Waals surface area contributed by atoms with Crippen molar-refractivity contribution in [3.8, 4) is 5.75 Å². The van der Waals surface area contributed by atoms with Gasteiger partial charge < -0.3 is 15.5 Å². The maximum absolute atomic E-state index is 6.16. The van der Waals surface area contributed by atoms with Crippen molar-refractivity contribution in [2.24, 2.45) is 5.73 Å². The largest absolute Gasteiger partial charge is 0.496 e. The normalized spacial score (nSPS) is 17.3. The quantitative estimate of drug-likeness (QED) is 0.848. The Morgan fingerprint density at radius 1 is 1.35 bits per heavy atom. The van der Waals surface area contributed by atoms with E-state index in [1.54, 1.807) is 7.11 Å². The molecule has 0 aliphatic heterocycles. The Hall–Kier alpha value is -1.48. The summed E-state index contributed by atoms with van der Waals surface area (Å²) >= 11 is 0. The van der Waals surface area contributed by atoms with Crippen molar-refractivity contribution in [3.63, 3.8) is 0 Å². The Labute approximate surface area is 101 Å². The van der Waals surface area contributed by atoms with Crippen LogP contribution in [0.1, 0.15) is 24.8 Å². The van der Waals surface area contributed by atoms with Crippen LogP contribution in [0.4, 0.5) is 0 Å². The molecular weight excluding hydrogens is 212 g/mol. The zero-order valence-electron chi connectivity index (χ0n) is 10.1. The number of H-pyrrole nitrogens is 1. The first-order valence-corrected chi connectivity index (χ1v) is 6.14. The molecule has 3 nitrogen and oxygen atoms in total. The fourth-order valence-corrected chi connectivity index (χ4v) is 2.41. The van der Waals surface area contributed by atoms with Crippen molar-refractivity contribution in [3.05, 3.63) is 30.0 Å². The summed E-state index contributed by atoms with van der Waals surface area (Å²) in [6.07, 6.45) is 6.35. The molecule has 1 fully saturated rings. The highest BCUT2D eigenvalue weighted by Crippen LogP contribution is 2.38. The van der Waals surface area contributed by atoms with Crippen LogP contribution in [0.15, 0.2) is 24.4 Å². The van der Waals surface area contributed by atoms with Crippen molar-refractivity contribution in [1.82, 2.24) is 4.98 Å². The lowest BCUT2D eigenvalue weighted by atomic mass is 10.00. The Morgan fingerprint density at radius 3 is 2.88 bits per heavy atom. The van der Waals surface area contributed by atoms with E-state index in [9.17, 15) is 0 Å². The number of fused-ring (bicyclic) bond motifs is 1. The minimum absolute atomic E-state index is 0.101. The molecule has 3 rings (SSSR count). The third kappa shape index (κ3) is 1.91. The van der Waals surface area contributed by atoms with E-state index >= 15 is 0 Å². The highest BCUT2D eigenvalue weighted by molar-refractivity contribution is 5.85. The van der Waals surface area contributed by atoms with E-state index in [-0.39, 0.29) is 5.54 Å². The first-order valence-electron chi connectivity index (χ1n) is 6.14. The molecule has 0 spiro atoms. The molecule has 1 heterocycles. The van der Waals surface area contributed by atoms with Gasteiger partial charge in [0.05, 0.1) is 7.11 Å². The number of methoxy groups -OCH3 is 1. The van der Waals surface area contributed by atoms with Crippen LogP contribution in [0.2, 0.25) is 0 Å². The van der Waals surface area contributed by atoms with Crippen LogP contribution in [0.5, 0.6) is 5.75 Å². The van der Waals surface area contributed by atoms with Crippen LogP contribution >= 0.6 is 0 Å². The molecule has 90 valence electrons. The number of rotatable bonds is 4. The van der Waals surface area contributed by atoms with Crippen LogP contribution in [0, 0.1) is 0 Å². The third-order valence-corrected chi connectivity index (χ3v) is 3.79. The zero-order chi connectivity index (χ0) is 11.9. The van der Waals surface area contributed by atoms with Gasteiger partial charge in [0.1, 0.15) is 5.75 Å². The summed E-state index contributed by atoms with van der Waals surface area (Å²) in [6, 6.07) is 6.21. The summed E-state index contributed by atoms with van der Waals surface area (Å²) in [5, 5.41) is 1.26. The molecule has 3 N–H and O–H groups in total. The predicted octanol–water partition coefficient (Wildman–Crippen LogP) is 2.60. The smallest absolute Gasteiger partial charge is 0.122 e. The van der Waals surface area contributed by atoms with Gasteiger partial charge >= 0.3 is 0 Å². The van der Waals surface area contributed by atoms with E-state index < -0.39 is 0 Å². The summed E-state index contributed by atoms with van der Waals surface area (Å²) < 4.78 is 5.45. The van der Waals surface area contributed by atoms with Crippen LogP contribution < -0.4 is 10.5 Å². The molecule has 3 heteroatoms. The minimum atomic E-state index is 0.101. The van der Waals surface area contributed by atoms with Crippen LogP contribution in [-0.4, -0.2) is 17.6 Å². The van der Waals surface area contributed by atoms with Gasteiger partial charge in [-0.15, -0.1) is 0 Å². The zero-order valence-corrected chi connectivity index (χ0v) is 10.1. The molecule has 1 aromatic carbocycles. The van der Waals surface area contributed by atoms with Crippen LogP contribution in [0.25, 0.3) is 10.9 Å². The van der Waals surface area contributed by atoms with Crippen LogP contribution in [-0.2, 0) is 6.42 Å². The predicted molar refractivity (Wildman–Crippen MR) is 69.3 cm³/mol. The monoisotopic (exact) mass is 230 g/mol. The lowest BCUT2D eigenvalue weighted by Crippen LogP contribution is -2.22. The number of ether oxygens (including phenoxy) is 1. The number of aryl methyl sites for hydroxylation is 1.